The number of halogens is 2. The molecule has 0 amide bonds. The zero-order valence-corrected chi connectivity index (χ0v) is 10.3. The summed E-state index contributed by atoms with van der Waals surface area (Å²) >= 11 is 0. The molecule has 0 aromatic heterocycles. The van der Waals surface area contributed by atoms with Gasteiger partial charge >= 0.3 is 0 Å². The second-order valence-electron chi connectivity index (χ2n) is 5.09. The lowest BCUT2D eigenvalue weighted by Crippen LogP contribution is -2.19. The molecular weight excluding hydrogens is 246 g/mol. The summed E-state index contributed by atoms with van der Waals surface area (Å²) in [6.07, 6.45) is 0.563. The van der Waals surface area contributed by atoms with Crippen molar-refractivity contribution in [3.8, 4) is 0 Å². The predicted octanol–water partition coefficient (Wildman–Crippen LogP) is 3.73. The molecule has 98 valence electrons. The smallest absolute Gasteiger partial charge is 0.129 e. The SMILES string of the molecule is OC(c1cc(F)ccc1F)C1(c2ccccc2)CC1. The Hall–Kier alpha value is -1.74. The highest BCUT2D eigenvalue weighted by atomic mass is 19.1. The van der Waals surface area contributed by atoms with E-state index in [1.54, 1.807) is 0 Å². The maximum absolute atomic E-state index is 13.8. The lowest BCUT2D eigenvalue weighted by molar-refractivity contribution is 0.128. The van der Waals surface area contributed by atoms with E-state index < -0.39 is 23.2 Å². The van der Waals surface area contributed by atoms with Crippen LogP contribution in [0.5, 0.6) is 0 Å². The van der Waals surface area contributed by atoms with Crippen molar-refractivity contribution in [1.29, 1.82) is 0 Å². The van der Waals surface area contributed by atoms with Crippen molar-refractivity contribution in [1.82, 2.24) is 0 Å². The Bertz CT molecular complexity index is 591. The molecule has 1 nitrogen and oxygen atoms in total. The van der Waals surface area contributed by atoms with Crippen LogP contribution in [-0.4, -0.2) is 5.11 Å². The van der Waals surface area contributed by atoms with Crippen molar-refractivity contribution in [3.63, 3.8) is 0 Å². The molecule has 0 aliphatic heterocycles. The topological polar surface area (TPSA) is 20.2 Å². The van der Waals surface area contributed by atoms with Gasteiger partial charge in [0.05, 0.1) is 6.10 Å². The lowest BCUT2D eigenvalue weighted by atomic mass is 9.86. The van der Waals surface area contributed by atoms with E-state index in [0.717, 1.165) is 36.6 Å². The van der Waals surface area contributed by atoms with E-state index >= 15 is 0 Å². The maximum Gasteiger partial charge on any atom is 0.129 e. The number of rotatable bonds is 3. The van der Waals surface area contributed by atoms with E-state index in [9.17, 15) is 13.9 Å². The van der Waals surface area contributed by atoms with Crippen LogP contribution >= 0.6 is 0 Å². The van der Waals surface area contributed by atoms with Gasteiger partial charge in [0.1, 0.15) is 11.6 Å². The molecule has 0 saturated heterocycles. The number of aliphatic hydroxyl groups is 1. The van der Waals surface area contributed by atoms with Gasteiger partial charge in [-0.05, 0) is 36.6 Å². The summed E-state index contributed by atoms with van der Waals surface area (Å²) in [5.74, 6) is -1.09. The summed E-state index contributed by atoms with van der Waals surface area (Å²) in [7, 11) is 0. The first-order valence-corrected chi connectivity index (χ1v) is 6.32. The zero-order chi connectivity index (χ0) is 13.5. The molecule has 1 saturated carbocycles. The Morgan fingerprint density at radius 2 is 1.68 bits per heavy atom. The van der Waals surface area contributed by atoms with Crippen molar-refractivity contribution in [3.05, 3.63) is 71.3 Å². The average molecular weight is 260 g/mol. The van der Waals surface area contributed by atoms with E-state index in [1.807, 2.05) is 30.3 Å². The highest BCUT2D eigenvalue weighted by molar-refractivity contribution is 5.37. The second kappa shape index (κ2) is 4.42. The van der Waals surface area contributed by atoms with Crippen LogP contribution in [0.2, 0.25) is 0 Å². The first-order chi connectivity index (χ1) is 9.13. The Kier molecular flexibility index (Phi) is 2.86. The number of hydrogen-bond acceptors (Lipinski definition) is 1. The van der Waals surface area contributed by atoms with Crippen LogP contribution in [0, 0.1) is 11.6 Å². The fraction of sp³-hybridized carbons (Fsp3) is 0.250. The summed E-state index contributed by atoms with van der Waals surface area (Å²) in [4.78, 5) is 0. The third-order valence-corrected chi connectivity index (χ3v) is 3.91. The van der Waals surface area contributed by atoms with Crippen LogP contribution in [0.3, 0.4) is 0 Å². The average Bonchev–Trinajstić information content (AvgIpc) is 3.23. The highest BCUT2D eigenvalue weighted by Gasteiger charge is 2.51. The predicted molar refractivity (Wildman–Crippen MR) is 68.7 cm³/mol. The Morgan fingerprint density at radius 3 is 2.32 bits per heavy atom. The van der Waals surface area contributed by atoms with Gasteiger partial charge in [0, 0.05) is 11.0 Å². The standard InChI is InChI=1S/C16H14F2O/c17-12-6-7-14(18)13(10-12)15(19)16(8-9-16)11-4-2-1-3-5-11/h1-7,10,15,19H,8-9H2. The molecule has 1 atom stereocenters. The molecule has 2 aromatic carbocycles. The molecule has 2 aromatic rings. The second-order valence-corrected chi connectivity index (χ2v) is 5.09. The maximum atomic E-state index is 13.8. The van der Waals surface area contributed by atoms with E-state index in [0.29, 0.717) is 0 Å². The van der Waals surface area contributed by atoms with Crippen molar-refractivity contribution >= 4 is 0 Å². The minimum atomic E-state index is -1.01. The Labute approximate surface area is 110 Å². The van der Waals surface area contributed by atoms with Gasteiger partial charge in [-0.1, -0.05) is 30.3 Å². The van der Waals surface area contributed by atoms with Crippen molar-refractivity contribution in [2.75, 3.05) is 0 Å². The van der Waals surface area contributed by atoms with Crippen LogP contribution in [-0.2, 0) is 5.41 Å². The van der Waals surface area contributed by atoms with Gasteiger partial charge in [-0.15, -0.1) is 0 Å². The molecule has 1 unspecified atom stereocenters. The van der Waals surface area contributed by atoms with Gasteiger partial charge in [-0.25, -0.2) is 8.78 Å². The van der Waals surface area contributed by atoms with Gasteiger partial charge in [0.25, 0.3) is 0 Å². The zero-order valence-electron chi connectivity index (χ0n) is 10.3. The van der Waals surface area contributed by atoms with Gasteiger partial charge < -0.3 is 5.11 Å². The summed E-state index contributed by atoms with van der Waals surface area (Å²) in [6, 6.07) is 12.7. The van der Waals surface area contributed by atoms with Crippen LogP contribution in [0.25, 0.3) is 0 Å². The quantitative estimate of drug-likeness (QED) is 0.891. The van der Waals surface area contributed by atoms with Crippen LogP contribution in [0.15, 0.2) is 48.5 Å². The molecule has 0 bridgehead atoms. The van der Waals surface area contributed by atoms with Gasteiger partial charge in [0.15, 0.2) is 0 Å². The number of benzene rings is 2. The molecule has 0 heterocycles. The summed E-state index contributed by atoms with van der Waals surface area (Å²) in [5.41, 5.74) is 0.558. The van der Waals surface area contributed by atoms with E-state index in [2.05, 4.69) is 0 Å². The van der Waals surface area contributed by atoms with E-state index in [-0.39, 0.29) is 5.56 Å². The molecule has 0 spiro atoms. The largest absolute Gasteiger partial charge is 0.387 e. The monoisotopic (exact) mass is 260 g/mol. The molecule has 1 aliphatic rings. The number of hydrogen-bond donors (Lipinski definition) is 1. The molecule has 1 fully saturated rings. The summed E-state index contributed by atoms with van der Waals surface area (Å²) < 4.78 is 27.0. The van der Waals surface area contributed by atoms with Gasteiger partial charge in [0.2, 0.25) is 0 Å². The highest BCUT2D eigenvalue weighted by Crippen LogP contribution is 2.56. The van der Waals surface area contributed by atoms with Crippen molar-refractivity contribution in [2.45, 2.75) is 24.4 Å². The summed E-state index contributed by atoms with van der Waals surface area (Å²) in [5, 5.41) is 10.5. The van der Waals surface area contributed by atoms with Crippen LogP contribution in [0.1, 0.15) is 30.1 Å². The first-order valence-electron chi connectivity index (χ1n) is 6.32. The molecular formula is C16H14F2O. The third-order valence-electron chi connectivity index (χ3n) is 3.91. The van der Waals surface area contributed by atoms with Crippen LogP contribution < -0.4 is 0 Å². The van der Waals surface area contributed by atoms with Gasteiger partial charge in [-0.3, -0.25) is 0 Å². The molecule has 1 N–H and O–H groups in total. The Morgan fingerprint density at radius 1 is 1.00 bits per heavy atom. The molecule has 3 rings (SSSR count). The number of aliphatic hydroxyl groups excluding tert-OH is 1. The third kappa shape index (κ3) is 2.04. The first kappa shape index (κ1) is 12.3. The fourth-order valence-corrected chi connectivity index (χ4v) is 2.65. The van der Waals surface area contributed by atoms with Gasteiger partial charge in [-0.2, -0.15) is 0 Å². The van der Waals surface area contributed by atoms with Crippen molar-refractivity contribution < 1.29 is 13.9 Å². The normalized spacial score (nSPS) is 18.1. The fourth-order valence-electron chi connectivity index (χ4n) is 2.65. The minimum Gasteiger partial charge on any atom is -0.387 e. The molecule has 19 heavy (non-hydrogen) atoms. The molecule has 1 aliphatic carbocycles. The van der Waals surface area contributed by atoms with Crippen molar-refractivity contribution in [2.24, 2.45) is 0 Å². The van der Waals surface area contributed by atoms with Crippen LogP contribution in [0.4, 0.5) is 8.78 Å². The van der Waals surface area contributed by atoms with E-state index in [4.69, 9.17) is 0 Å². The lowest BCUT2D eigenvalue weighted by Gasteiger charge is -2.23. The molecule has 3 heteroatoms. The summed E-state index contributed by atoms with van der Waals surface area (Å²) in [6.45, 7) is 0. The van der Waals surface area contributed by atoms with E-state index in [1.165, 1.54) is 0 Å². The minimum absolute atomic E-state index is 0.0429. The Balaban J connectivity index is 2.00. The molecule has 0 radical (unpaired) electrons.